The van der Waals surface area contributed by atoms with Crippen LogP contribution in [0.25, 0.3) is 0 Å². The van der Waals surface area contributed by atoms with E-state index in [2.05, 4.69) is 5.32 Å². The molecule has 0 unspecified atom stereocenters. The first-order valence-corrected chi connectivity index (χ1v) is 4.26. The van der Waals surface area contributed by atoms with Gasteiger partial charge in [0.25, 0.3) is 0 Å². The number of benzene rings is 1. The van der Waals surface area contributed by atoms with Crippen LogP contribution in [0.15, 0.2) is 12.1 Å². The molecule has 0 saturated heterocycles. The number of carboxylic acid groups (broad SMARTS) is 1. The van der Waals surface area contributed by atoms with E-state index in [1.165, 1.54) is 13.2 Å². The Morgan fingerprint density at radius 1 is 1.57 bits per heavy atom. The zero-order valence-corrected chi connectivity index (χ0v) is 8.55. The Labute approximate surface area is 86.4 Å². The number of hydrogen-bond acceptors (Lipinski definition) is 3. The number of aromatic carboxylic acids is 1. The first-order chi connectivity index (χ1) is 6.60. The van der Waals surface area contributed by atoms with Crippen molar-refractivity contribution in [1.29, 1.82) is 0 Å². The van der Waals surface area contributed by atoms with Gasteiger partial charge in [-0.15, -0.1) is 0 Å². The minimum absolute atomic E-state index is 0.0523. The van der Waals surface area contributed by atoms with Crippen molar-refractivity contribution in [3.05, 3.63) is 22.7 Å². The number of rotatable bonds is 3. The summed E-state index contributed by atoms with van der Waals surface area (Å²) in [5.74, 6) is -0.780. The summed E-state index contributed by atoms with van der Waals surface area (Å²) in [6, 6.07) is 2.90. The van der Waals surface area contributed by atoms with Crippen LogP contribution >= 0.6 is 11.6 Å². The summed E-state index contributed by atoms with van der Waals surface area (Å²) < 4.78 is 4.92. The summed E-state index contributed by atoms with van der Waals surface area (Å²) in [6.07, 6.45) is 0. The molecule has 0 amide bonds. The molecule has 5 heteroatoms. The lowest BCUT2D eigenvalue weighted by molar-refractivity contribution is 0.0693. The fraction of sp³-hybridized carbons (Fsp3) is 0.222. The quantitative estimate of drug-likeness (QED) is 0.811. The van der Waals surface area contributed by atoms with E-state index >= 15 is 0 Å². The van der Waals surface area contributed by atoms with E-state index in [1.807, 2.05) is 0 Å². The van der Waals surface area contributed by atoms with Gasteiger partial charge in [0.15, 0.2) is 0 Å². The highest BCUT2D eigenvalue weighted by molar-refractivity contribution is 6.33. The number of methoxy groups -OCH3 is 1. The van der Waals surface area contributed by atoms with E-state index < -0.39 is 5.97 Å². The molecule has 4 nitrogen and oxygen atoms in total. The first-order valence-electron chi connectivity index (χ1n) is 3.88. The average Bonchev–Trinajstić information content (AvgIpc) is 2.17. The standard InChI is InChI=1S/C9H10ClNO3/c1-11-7-4-8(14-2)5(9(12)13)3-6(7)10/h3-4,11H,1-2H3,(H,12,13). The van der Waals surface area contributed by atoms with Crippen LogP contribution in [0.2, 0.25) is 5.02 Å². The molecule has 0 aliphatic rings. The molecule has 0 saturated carbocycles. The number of halogens is 1. The molecule has 0 heterocycles. The number of ether oxygens (including phenoxy) is 1. The summed E-state index contributed by atoms with van der Waals surface area (Å²) in [4.78, 5) is 10.8. The minimum atomic E-state index is -1.06. The summed E-state index contributed by atoms with van der Waals surface area (Å²) in [7, 11) is 3.11. The molecule has 0 aromatic heterocycles. The molecule has 1 rings (SSSR count). The van der Waals surface area contributed by atoms with Gasteiger partial charge in [-0.1, -0.05) is 11.6 Å². The maximum atomic E-state index is 10.8. The van der Waals surface area contributed by atoms with E-state index in [0.717, 1.165) is 0 Å². The Hall–Kier alpha value is -1.42. The predicted molar refractivity (Wildman–Crippen MR) is 54.5 cm³/mol. The van der Waals surface area contributed by atoms with Gasteiger partial charge in [0.05, 0.1) is 17.8 Å². The summed E-state index contributed by atoms with van der Waals surface area (Å²) in [5, 5.41) is 12.0. The topological polar surface area (TPSA) is 58.6 Å². The van der Waals surface area contributed by atoms with Crippen molar-refractivity contribution >= 4 is 23.3 Å². The molecule has 2 N–H and O–H groups in total. The Morgan fingerprint density at radius 3 is 2.64 bits per heavy atom. The number of nitrogens with one attached hydrogen (secondary N) is 1. The van der Waals surface area contributed by atoms with E-state index in [0.29, 0.717) is 10.7 Å². The van der Waals surface area contributed by atoms with Gasteiger partial charge in [-0.3, -0.25) is 0 Å². The molecule has 0 radical (unpaired) electrons. The molecular formula is C9H10ClNO3. The largest absolute Gasteiger partial charge is 0.496 e. The smallest absolute Gasteiger partial charge is 0.339 e. The zero-order chi connectivity index (χ0) is 10.7. The highest BCUT2D eigenvalue weighted by Crippen LogP contribution is 2.30. The maximum Gasteiger partial charge on any atom is 0.339 e. The van der Waals surface area contributed by atoms with Gasteiger partial charge in [-0.25, -0.2) is 4.79 Å². The zero-order valence-electron chi connectivity index (χ0n) is 7.80. The van der Waals surface area contributed by atoms with Gasteiger partial charge >= 0.3 is 5.97 Å². The van der Waals surface area contributed by atoms with E-state index in [4.69, 9.17) is 21.4 Å². The van der Waals surface area contributed by atoms with Gasteiger partial charge < -0.3 is 15.2 Å². The normalized spacial score (nSPS) is 9.64. The predicted octanol–water partition coefficient (Wildman–Crippen LogP) is 2.09. The SMILES string of the molecule is CNc1cc(OC)c(C(=O)O)cc1Cl. The van der Waals surface area contributed by atoms with Crippen LogP contribution in [0, 0.1) is 0 Å². The fourth-order valence-corrected chi connectivity index (χ4v) is 1.34. The highest BCUT2D eigenvalue weighted by atomic mass is 35.5. The van der Waals surface area contributed by atoms with Crippen molar-refractivity contribution in [2.45, 2.75) is 0 Å². The lowest BCUT2D eigenvalue weighted by atomic mass is 10.2. The van der Waals surface area contributed by atoms with Crippen molar-refractivity contribution in [3.8, 4) is 5.75 Å². The van der Waals surface area contributed by atoms with Crippen molar-refractivity contribution in [2.24, 2.45) is 0 Å². The molecule has 0 fully saturated rings. The Bertz CT molecular complexity index is 365. The first kappa shape index (κ1) is 10.7. The average molecular weight is 216 g/mol. The van der Waals surface area contributed by atoms with Gasteiger partial charge in [-0.2, -0.15) is 0 Å². The van der Waals surface area contributed by atoms with Crippen LogP contribution < -0.4 is 10.1 Å². The maximum absolute atomic E-state index is 10.8. The van der Waals surface area contributed by atoms with Gasteiger partial charge in [0, 0.05) is 13.1 Å². The summed E-state index contributed by atoms with van der Waals surface area (Å²) in [6.45, 7) is 0. The van der Waals surface area contributed by atoms with Crippen LogP contribution in [0.4, 0.5) is 5.69 Å². The number of carbonyl (C=O) groups is 1. The van der Waals surface area contributed by atoms with Crippen molar-refractivity contribution in [1.82, 2.24) is 0 Å². The second-order valence-electron chi connectivity index (χ2n) is 2.59. The number of hydrogen-bond donors (Lipinski definition) is 2. The van der Waals surface area contributed by atoms with Gasteiger partial charge in [0.1, 0.15) is 11.3 Å². The molecule has 0 aliphatic carbocycles. The second kappa shape index (κ2) is 4.19. The second-order valence-corrected chi connectivity index (χ2v) is 2.99. The van der Waals surface area contributed by atoms with Crippen LogP contribution in [0.3, 0.4) is 0 Å². The van der Waals surface area contributed by atoms with E-state index in [9.17, 15) is 4.79 Å². The van der Waals surface area contributed by atoms with Crippen LogP contribution in [0.5, 0.6) is 5.75 Å². The molecule has 1 aromatic carbocycles. The summed E-state index contributed by atoms with van der Waals surface area (Å²) >= 11 is 5.82. The van der Waals surface area contributed by atoms with Gasteiger partial charge in [0.2, 0.25) is 0 Å². The third-order valence-corrected chi connectivity index (χ3v) is 2.10. The number of carboxylic acids is 1. The minimum Gasteiger partial charge on any atom is -0.496 e. The Kier molecular flexibility index (Phi) is 3.19. The fourth-order valence-electron chi connectivity index (χ4n) is 1.08. The van der Waals surface area contributed by atoms with Crippen molar-refractivity contribution < 1.29 is 14.6 Å². The molecule has 76 valence electrons. The lowest BCUT2D eigenvalue weighted by Gasteiger charge is -2.09. The van der Waals surface area contributed by atoms with Crippen molar-refractivity contribution in [3.63, 3.8) is 0 Å². The molecule has 0 bridgehead atoms. The Balaban J connectivity index is 3.31. The molecule has 0 aliphatic heterocycles. The third kappa shape index (κ3) is 1.90. The summed E-state index contributed by atoms with van der Waals surface area (Å²) in [5.41, 5.74) is 0.685. The molecule has 1 aromatic rings. The number of anilines is 1. The molecule has 14 heavy (non-hydrogen) atoms. The third-order valence-electron chi connectivity index (χ3n) is 1.79. The lowest BCUT2D eigenvalue weighted by Crippen LogP contribution is -2.02. The highest BCUT2D eigenvalue weighted by Gasteiger charge is 2.13. The van der Waals surface area contributed by atoms with Crippen LogP contribution in [0.1, 0.15) is 10.4 Å². The van der Waals surface area contributed by atoms with Crippen molar-refractivity contribution in [2.75, 3.05) is 19.5 Å². The molecular weight excluding hydrogens is 206 g/mol. The monoisotopic (exact) mass is 215 g/mol. The molecule has 0 spiro atoms. The van der Waals surface area contributed by atoms with E-state index in [-0.39, 0.29) is 11.3 Å². The van der Waals surface area contributed by atoms with Crippen LogP contribution in [-0.2, 0) is 0 Å². The van der Waals surface area contributed by atoms with E-state index in [1.54, 1.807) is 13.1 Å². The van der Waals surface area contributed by atoms with Crippen LogP contribution in [-0.4, -0.2) is 25.2 Å². The Morgan fingerprint density at radius 2 is 2.21 bits per heavy atom. The van der Waals surface area contributed by atoms with Gasteiger partial charge in [-0.05, 0) is 6.07 Å². The molecule has 0 atom stereocenters.